The first-order valence-corrected chi connectivity index (χ1v) is 8.96. The van der Waals surface area contributed by atoms with Crippen molar-refractivity contribution in [1.82, 2.24) is 20.4 Å². The normalized spacial score (nSPS) is 10.9. The number of benzene rings is 1. The van der Waals surface area contributed by atoms with Gasteiger partial charge in [0.25, 0.3) is 0 Å². The van der Waals surface area contributed by atoms with Crippen molar-refractivity contribution >= 4 is 29.9 Å². The molecule has 7 nitrogen and oxygen atoms in total. The molecule has 0 saturated heterocycles. The molecule has 8 heteroatoms. The van der Waals surface area contributed by atoms with Crippen molar-refractivity contribution in [3.05, 3.63) is 41.7 Å². The second-order valence-corrected chi connectivity index (χ2v) is 5.77. The van der Waals surface area contributed by atoms with Crippen LogP contribution in [0.15, 0.2) is 35.6 Å². The molecule has 1 heterocycles. The van der Waals surface area contributed by atoms with Gasteiger partial charge in [-0.1, -0.05) is 6.07 Å². The zero-order valence-electron chi connectivity index (χ0n) is 16.5. The van der Waals surface area contributed by atoms with Crippen LogP contribution >= 0.6 is 24.0 Å². The van der Waals surface area contributed by atoms with E-state index in [0.29, 0.717) is 19.8 Å². The van der Waals surface area contributed by atoms with Gasteiger partial charge in [0.15, 0.2) is 17.5 Å². The topological polar surface area (TPSA) is 72.7 Å². The quantitative estimate of drug-likeness (QED) is 0.324. The second-order valence-electron chi connectivity index (χ2n) is 5.77. The van der Waals surface area contributed by atoms with E-state index in [2.05, 4.69) is 26.8 Å². The van der Waals surface area contributed by atoms with Gasteiger partial charge in [-0.2, -0.15) is 5.10 Å². The third kappa shape index (κ3) is 7.66. The Kier molecular flexibility index (Phi) is 10.6. The molecule has 0 bridgehead atoms. The van der Waals surface area contributed by atoms with Crippen molar-refractivity contribution in [3.63, 3.8) is 0 Å². The lowest BCUT2D eigenvalue weighted by Crippen LogP contribution is -2.37. The van der Waals surface area contributed by atoms with E-state index in [-0.39, 0.29) is 24.0 Å². The smallest absolute Gasteiger partial charge is 0.191 e. The van der Waals surface area contributed by atoms with E-state index in [9.17, 15) is 0 Å². The molecule has 2 N–H and O–H groups in total. The zero-order valence-corrected chi connectivity index (χ0v) is 18.8. The summed E-state index contributed by atoms with van der Waals surface area (Å²) in [5.74, 6) is 2.36. The summed E-state index contributed by atoms with van der Waals surface area (Å²) in [7, 11) is 3.67. The fraction of sp³-hybridized carbons (Fsp3) is 0.474. The molecule has 150 valence electrons. The van der Waals surface area contributed by atoms with Gasteiger partial charge >= 0.3 is 0 Å². The van der Waals surface area contributed by atoms with Gasteiger partial charge in [0.1, 0.15) is 0 Å². The van der Waals surface area contributed by atoms with Gasteiger partial charge in [0.05, 0.1) is 19.4 Å². The molecule has 0 atom stereocenters. The highest BCUT2D eigenvalue weighted by Gasteiger charge is 2.06. The minimum Gasteiger partial charge on any atom is -0.490 e. The lowest BCUT2D eigenvalue weighted by atomic mass is 10.1. The molecular weight excluding hydrogens is 457 g/mol. The van der Waals surface area contributed by atoms with E-state index >= 15 is 0 Å². The monoisotopic (exact) mass is 487 g/mol. The molecule has 0 unspecified atom stereocenters. The van der Waals surface area contributed by atoms with E-state index in [4.69, 9.17) is 9.47 Å². The third-order valence-electron chi connectivity index (χ3n) is 3.76. The van der Waals surface area contributed by atoms with Gasteiger partial charge in [-0.3, -0.25) is 9.67 Å². The number of aryl methyl sites for hydroxylation is 1. The Morgan fingerprint density at radius 3 is 2.48 bits per heavy atom. The molecule has 0 aliphatic rings. The number of nitrogens with zero attached hydrogens (tertiary/aromatic N) is 3. The molecule has 27 heavy (non-hydrogen) atoms. The predicted octanol–water partition coefficient (Wildman–Crippen LogP) is 2.74. The van der Waals surface area contributed by atoms with E-state index in [1.807, 2.05) is 45.4 Å². The van der Waals surface area contributed by atoms with Crippen molar-refractivity contribution in [2.45, 2.75) is 26.8 Å². The molecule has 0 fully saturated rings. The molecule has 1 aromatic heterocycles. The number of rotatable bonds is 9. The summed E-state index contributed by atoms with van der Waals surface area (Å²) >= 11 is 0. The fourth-order valence-electron chi connectivity index (χ4n) is 2.55. The maximum atomic E-state index is 5.68. The second kappa shape index (κ2) is 12.4. The summed E-state index contributed by atoms with van der Waals surface area (Å²) in [5, 5.41) is 10.8. The lowest BCUT2D eigenvalue weighted by Gasteiger charge is -2.14. The summed E-state index contributed by atoms with van der Waals surface area (Å²) in [6, 6.07) is 6.09. The molecule has 0 spiro atoms. The number of hydrogen-bond donors (Lipinski definition) is 2. The van der Waals surface area contributed by atoms with Crippen LogP contribution in [0.25, 0.3) is 0 Å². The number of guanidine groups is 1. The molecule has 1 aromatic carbocycles. The van der Waals surface area contributed by atoms with Crippen molar-refractivity contribution < 1.29 is 9.47 Å². The highest BCUT2D eigenvalue weighted by molar-refractivity contribution is 14.0. The Balaban J connectivity index is 0.00000364. The van der Waals surface area contributed by atoms with Gasteiger partial charge in [-0.15, -0.1) is 24.0 Å². The van der Waals surface area contributed by atoms with Crippen LogP contribution in [-0.4, -0.2) is 42.5 Å². The van der Waals surface area contributed by atoms with Gasteiger partial charge in [-0.25, -0.2) is 0 Å². The number of aliphatic imine (C=N–C) groups is 1. The average Bonchev–Trinajstić information content (AvgIpc) is 3.05. The fourth-order valence-corrected chi connectivity index (χ4v) is 2.55. The maximum absolute atomic E-state index is 5.68. The number of hydrogen-bond acceptors (Lipinski definition) is 4. The van der Waals surface area contributed by atoms with E-state index in [1.165, 1.54) is 5.56 Å². The van der Waals surface area contributed by atoms with Crippen LogP contribution in [0, 0.1) is 0 Å². The van der Waals surface area contributed by atoms with Crippen LogP contribution in [0.4, 0.5) is 0 Å². The number of nitrogens with one attached hydrogen (secondary N) is 2. The number of halogens is 1. The van der Waals surface area contributed by atoms with Crippen LogP contribution in [-0.2, 0) is 20.0 Å². The van der Waals surface area contributed by atoms with Gasteiger partial charge in [-0.05, 0) is 38.0 Å². The zero-order chi connectivity index (χ0) is 18.8. The van der Waals surface area contributed by atoms with Crippen molar-refractivity contribution in [3.8, 4) is 11.5 Å². The largest absolute Gasteiger partial charge is 0.490 e. The summed E-state index contributed by atoms with van der Waals surface area (Å²) in [5.41, 5.74) is 2.30. The predicted molar refractivity (Wildman–Crippen MR) is 119 cm³/mol. The molecule has 0 radical (unpaired) electrons. The van der Waals surface area contributed by atoms with Crippen LogP contribution in [0.3, 0.4) is 0 Å². The molecule has 0 aliphatic carbocycles. The number of aromatic nitrogens is 2. The minimum absolute atomic E-state index is 0. The van der Waals surface area contributed by atoms with E-state index < -0.39 is 0 Å². The Morgan fingerprint density at radius 1 is 1.11 bits per heavy atom. The van der Waals surface area contributed by atoms with Crippen molar-refractivity contribution in [1.29, 1.82) is 0 Å². The summed E-state index contributed by atoms with van der Waals surface area (Å²) in [6.07, 6.45) is 4.69. The first-order valence-electron chi connectivity index (χ1n) is 8.96. The van der Waals surface area contributed by atoms with Gasteiger partial charge in [0, 0.05) is 38.9 Å². The molecule has 2 aromatic rings. The molecule has 0 saturated carbocycles. The Morgan fingerprint density at radius 2 is 1.85 bits per heavy atom. The van der Waals surface area contributed by atoms with Gasteiger partial charge in [0.2, 0.25) is 0 Å². The Hall–Kier alpha value is -1.97. The third-order valence-corrected chi connectivity index (χ3v) is 3.76. The van der Waals surface area contributed by atoms with E-state index in [1.54, 1.807) is 11.7 Å². The van der Waals surface area contributed by atoms with Crippen LogP contribution in [0.1, 0.15) is 25.0 Å². The maximum Gasteiger partial charge on any atom is 0.191 e. The SMILES string of the molecule is CCOc1ccc(CCNC(=NC)NCc2cnn(C)c2)cc1OCC.I. The molecule has 0 aliphatic heterocycles. The Labute approximate surface area is 178 Å². The molecule has 2 rings (SSSR count). The molecular formula is C19H30IN5O2. The first kappa shape index (κ1) is 23.1. The molecule has 0 amide bonds. The van der Waals surface area contributed by atoms with Crippen LogP contribution in [0.2, 0.25) is 0 Å². The highest BCUT2D eigenvalue weighted by atomic mass is 127. The van der Waals surface area contributed by atoms with Crippen LogP contribution in [0.5, 0.6) is 11.5 Å². The summed E-state index contributed by atoms with van der Waals surface area (Å²) in [4.78, 5) is 4.25. The van der Waals surface area contributed by atoms with E-state index in [0.717, 1.165) is 36.0 Å². The van der Waals surface area contributed by atoms with Crippen LogP contribution < -0.4 is 20.1 Å². The highest BCUT2D eigenvalue weighted by Crippen LogP contribution is 2.28. The summed E-state index contributed by atoms with van der Waals surface area (Å²) < 4.78 is 13.1. The first-order chi connectivity index (χ1) is 12.7. The minimum atomic E-state index is 0. The number of ether oxygens (including phenoxy) is 2. The Bertz CT molecular complexity index is 718. The van der Waals surface area contributed by atoms with Crippen molar-refractivity contribution in [2.24, 2.45) is 12.0 Å². The van der Waals surface area contributed by atoms with Gasteiger partial charge < -0.3 is 20.1 Å². The summed E-state index contributed by atoms with van der Waals surface area (Å²) in [6.45, 7) is 6.64. The lowest BCUT2D eigenvalue weighted by molar-refractivity contribution is 0.287. The van der Waals surface area contributed by atoms with Crippen molar-refractivity contribution in [2.75, 3.05) is 26.8 Å². The average molecular weight is 487 g/mol. The standard InChI is InChI=1S/C19H29N5O2.HI/c1-5-25-17-8-7-15(11-18(17)26-6-2)9-10-21-19(20-3)22-12-16-13-23-24(4)14-16;/h7-8,11,13-14H,5-6,9-10,12H2,1-4H3,(H2,20,21,22);1H.